The predicted octanol–water partition coefficient (Wildman–Crippen LogP) is 6.83. The topological polar surface area (TPSA) is 52.0 Å². The molecule has 2 radical (unpaired) electrons. The van der Waals surface area contributed by atoms with Crippen molar-refractivity contribution >= 4 is 7.85 Å². The lowest BCUT2D eigenvalue weighted by molar-refractivity contribution is 0.153. The molecule has 2 saturated carbocycles. The van der Waals surface area contributed by atoms with E-state index in [2.05, 4.69) is 13.8 Å². The van der Waals surface area contributed by atoms with E-state index in [0.717, 1.165) is 19.2 Å². The van der Waals surface area contributed by atoms with E-state index in [1.807, 2.05) is 0 Å². The quantitative estimate of drug-likeness (QED) is 0.403. The van der Waals surface area contributed by atoms with Crippen LogP contribution in [0.3, 0.4) is 0 Å². The Labute approximate surface area is 183 Å². The summed E-state index contributed by atoms with van der Waals surface area (Å²) in [6, 6.07) is 0.242. The van der Waals surface area contributed by atoms with Crippen LogP contribution in [0.4, 0.5) is 0 Å². The summed E-state index contributed by atoms with van der Waals surface area (Å²) in [6.07, 6.45) is 23.2. The summed E-state index contributed by atoms with van der Waals surface area (Å²) in [5, 5.41) is 0. The molecular weight excluding hydrogens is 351 g/mol. The molecule has 0 aromatic carbocycles. The molecular formula is C26H49BN2. The highest BCUT2D eigenvalue weighted by atomic mass is 14.8. The first-order valence-electron chi connectivity index (χ1n) is 12.9. The lowest BCUT2D eigenvalue weighted by Crippen LogP contribution is -2.51. The average Bonchev–Trinajstić information content (AvgIpc) is 2.72. The highest BCUT2D eigenvalue weighted by molar-refractivity contribution is 6.08. The summed E-state index contributed by atoms with van der Waals surface area (Å²) in [5.74, 6) is 0.628. The maximum Gasteiger partial charge on any atom is 0.0656 e. The Balaban J connectivity index is 2.28. The fourth-order valence-electron chi connectivity index (χ4n) is 5.91. The van der Waals surface area contributed by atoms with Crippen molar-refractivity contribution in [2.24, 2.45) is 22.8 Å². The van der Waals surface area contributed by atoms with Gasteiger partial charge in [0.25, 0.3) is 0 Å². The average molecular weight is 401 g/mol. The Morgan fingerprint density at radius 2 is 1.24 bits per heavy atom. The molecule has 0 saturated heterocycles. The van der Waals surface area contributed by atoms with E-state index in [-0.39, 0.29) is 17.5 Å². The summed E-state index contributed by atoms with van der Waals surface area (Å²) in [6.45, 7) is 4.41. The van der Waals surface area contributed by atoms with E-state index in [9.17, 15) is 0 Å². The van der Waals surface area contributed by atoms with Gasteiger partial charge in [-0.3, -0.25) is 0 Å². The second-order valence-corrected chi connectivity index (χ2v) is 10.4. The monoisotopic (exact) mass is 400 g/mol. The van der Waals surface area contributed by atoms with Gasteiger partial charge in [0, 0.05) is 17.5 Å². The van der Waals surface area contributed by atoms with Crippen LogP contribution in [0.5, 0.6) is 0 Å². The van der Waals surface area contributed by atoms with Gasteiger partial charge < -0.3 is 11.5 Å². The zero-order valence-corrected chi connectivity index (χ0v) is 19.7. The first kappa shape index (κ1) is 25.0. The number of rotatable bonds is 3. The minimum Gasteiger partial charge on any atom is -0.327 e. The Kier molecular flexibility index (Phi) is 11.4. The van der Waals surface area contributed by atoms with Gasteiger partial charge in [0.2, 0.25) is 0 Å². The number of nitrogens with two attached hydrogens (primary N) is 2. The molecule has 4 N–H and O–H groups in total. The van der Waals surface area contributed by atoms with Crippen LogP contribution in [0, 0.1) is 11.3 Å². The first-order valence-corrected chi connectivity index (χ1v) is 12.9. The minimum absolute atomic E-state index is 0.00732. The Morgan fingerprint density at radius 3 is 1.79 bits per heavy atom. The minimum atomic E-state index is 0.00732. The zero-order valence-electron chi connectivity index (χ0n) is 19.7. The molecule has 0 spiro atoms. The van der Waals surface area contributed by atoms with E-state index in [0.29, 0.717) is 5.92 Å². The molecule has 2 nitrogen and oxygen atoms in total. The van der Waals surface area contributed by atoms with E-state index in [4.69, 9.17) is 19.3 Å². The molecule has 2 aliphatic carbocycles. The van der Waals surface area contributed by atoms with E-state index >= 15 is 0 Å². The summed E-state index contributed by atoms with van der Waals surface area (Å²) in [4.78, 5) is 0. The molecule has 2 fully saturated rings. The summed E-state index contributed by atoms with van der Waals surface area (Å²) in [7, 11) is 6.18. The fraction of sp³-hybridized carbons (Fsp3) is 0.923. The van der Waals surface area contributed by atoms with Crippen LogP contribution in [0.1, 0.15) is 123 Å². The fourth-order valence-corrected chi connectivity index (χ4v) is 5.91. The second-order valence-electron chi connectivity index (χ2n) is 10.4. The van der Waals surface area contributed by atoms with Gasteiger partial charge >= 0.3 is 0 Å². The van der Waals surface area contributed by atoms with Crippen molar-refractivity contribution in [1.29, 1.82) is 0 Å². The summed E-state index contributed by atoms with van der Waals surface area (Å²) < 4.78 is 0. The van der Waals surface area contributed by atoms with Crippen molar-refractivity contribution in [3.63, 3.8) is 0 Å². The molecule has 0 aromatic heterocycles. The normalized spacial score (nSPS) is 31.5. The number of hydrogen-bond donors (Lipinski definition) is 2. The van der Waals surface area contributed by atoms with Crippen LogP contribution in [0.2, 0.25) is 6.32 Å². The van der Waals surface area contributed by atoms with Crippen LogP contribution in [-0.4, -0.2) is 19.9 Å². The molecule has 3 atom stereocenters. The van der Waals surface area contributed by atoms with Gasteiger partial charge in [-0.05, 0) is 71.1 Å². The molecule has 0 heterocycles. The SMILES string of the molecule is [B]CC1CCCCCCCCCC(=C2CCCCC2)CC(C(C)N)(C(C)N)CC1. The van der Waals surface area contributed by atoms with Gasteiger partial charge in [-0.15, -0.1) is 0 Å². The van der Waals surface area contributed by atoms with Crippen molar-refractivity contribution in [3.8, 4) is 0 Å². The Bertz CT molecular complexity index is 467. The molecule has 2 aliphatic rings. The standard InChI is InChI=1S/C26H49BN2/c1-21(28)26(22(2)29)18-17-23(20-27)13-9-6-4-3-5-7-10-16-25(19-26)24-14-11-8-12-15-24/h21-23H,3-20,28-29H2,1-2H3. The van der Waals surface area contributed by atoms with Crippen molar-refractivity contribution in [2.45, 2.75) is 141 Å². The van der Waals surface area contributed by atoms with Gasteiger partial charge in [-0.1, -0.05) is 75.3 Å². The third-order valence-electron chi connectivity index (χ3n) is 8.26. The van der Waals surface area contributed by atoms with E-state index in [1.54, 1.807) is 11.1 Å². The van der Waals surface area contributed by atoms with Gasteiger partial charge in [0.1, 0.15) is 0 Å². The summed E-state index contributed by atoms with van der Waals surface area (Å²) >= 11 is 0. The summed E-state index contributed by atoms with van der Waals surface area (Å²) in [5.41, 5.74) is 16.9. The lowest BCUT2D eigenvalue weighted by atomic mass is 9.65. The van der Waals surface area contributed by atoms with Crippen LogP contribution in [0.25, 0.3) is 0 Å². The molecule has 0 amide bonds. The third kappa shape index (κ3) is 7.73. The van der Waals surface area contributed by atoms with Crippen LogP contribution in [0.15, 0.2) is 11.1 Å². The van der Waals surface area contributed by atoms with Crippen LogP contribution in [-0.2, 0) is 0 Å². The predicted molar refractivity (Wildman–Crippen MR) is 129 cm³/mol. The van der Waals surface area contributed by atoms with Crippen molar-refractivity contribution < 1.29 is 0 Å². The maximum absolute atomic E-state index is 6.71. The van der Waals surface area contributed by atoms with Crippen molar-refractivity contribution in [1.82, 2.24) is 0 Å². The molecule has 0 aromatic rings. The largest absolute Gasteiger partial charge is 0.327 e. The zero-order chi connectivity index (χ0) is 21.1. The second kappa shape index (κ2) is 13.2. The van der Waals surface area contributed by atoms with Gasteiger partial charge in [0.05, 0.1) is 7.85 Å². The van der Waals surface area contributed by atoms with Crippen molar-refractivity contribution in [2.75, 3.05) is 0 Å². The van der Waals surface area contributed by atoms with Crippen LogP contribution < -0.4 is 11.5 Å². The number of hydrogen-bond acceptors (Lipinski definition) is 2. The van der Waals surface area contributed by atoms with Crippen molar-refractivity contribution in [3.05, 3.63) is 11.1 Å². The molecule has 0 aliphatic heterocycles. The molecule has 29 heavy (non-hydrogen) atoms. The highest BCUT2D eigenvalue weighted by Crippen LogP contribution is 2.43. The molecule has 166 valence electrons. The van der Waals surface area contributed by atoms with E-state index in [1.165, 1.54) is 96.3 Å². The molecule has 0 bridgehead atoms. The molecule has 3 unspecified atom stereocenters. The smallest absolute Gasteiger partial charge is 0.0656 e. The molecule has 3 heteroatoms. The first-order chi connectivity index (χ1) is 14.0. The van der Waals surface area contributed by atoms with E-state index < -0.39 is 0 Å². The third-order valence-corrected chi connectivity index (χ3v) is 8.26. The van der Waals surface area contributed by atoms with Gasteiger partial charge in [-0.25, -0.2) is 0 Å². The van der Waals surface area contributed by atoms with Gasteiger partial charge in [-0.2, -0.15) is 0 Å². The maximum atomic E-state index is 6.71. The van der Waals surface area contributed by atoms with Crippen LogP contribution >= 0.6 is 0 Å². The Morgan fingerprint density at radius 1 is 0.759 bits per heavy atom. The molecule has 2 rings (SSSR count). The lowest BCUT2D eigenvalue weighted by Gasteiger charge is -2.43. The Hall–Kier alpha value is -0.275. The number of allylic oxidation sites excluding steroid dienone is 2. The highest BCUT2D eigenvalue weighted by Gasteiger charge is 2.39. The van der Waals surface area contributed by atoms with Gasteiger partial charge in [0.15, 0.2) is 0 Å².